The second kappa shape index (κ2) is 6.16. The molecule has 1 saturated heterocycles. The van der Waals surface area contributed by atoms with Crippen LogP contribution in [0.1, 0.15) is 24.5 Å². The highest BCUT2D eigenvalue weighted by Crippen LogP contribution is 2.62. The molecule has 30 heavy (non-hydrogen) atoms. The molecule has 2 aliphatic heterocycles. The number of methoxy groups -OCH3 is 1. The third-order valence-electron chi connectivity index (χ3n) is 6.67. The number of allylic oxidation sites excluding steroid dienone is 2. The molecule has 6 nitrogen and oxygen atoms in total. The Bertz CT molecular complexity index is 1090. The lowest BCUT2D eigenvalue weighted by Gasteiger charge is -2.53. The van der Waals surface area contributed by atoms with Gasteiger partial charge < -0.3 is 13.7 Å². The fourth-order valence-corrected chi connectivity index (χ4v) is 5.91. The normalized spacial score (nSPS) is 29.5. The van der Waals surface area contributed by atoms with Crippen molar-refractivity contribution in [3.8, 4) is 11.5 Å². The Hall–Kier alpha value is -2.20. The summed E-state index contributed by atoms with van der Waals surface area (Å²) in [4.78, 5) is 2.37. The Balaban J connectivity index is 1.71. The van der Waals surface area contributed by atoms with Crippen molar-refractivity contribution in [3.63, 3.8) is 0 Å². The van der Waals surface area contributed by atoms with Crippen molar-refractivity contribution in [2.24, 2.45) is 0 Å². The Morgan fingerprint density at radius 3 is 2.73 bits per heavy atom. The van der Waals surface area contributed by atoms with Gasteiger partial charge in [0.05, 0.1) is 12.5 Å². The minimum absolute atomic E-state index is 0.0597. The zero-order valence-corrected chi connectivity index (χ0v) is 17.1. The minimum Gasteiger partial charge on any atom is -0.497 e. The number of nitrogens with zero attached hydrogens (tertiary/aromatic N) is 1. The molecule has 162 valence electrons. The Morgan fingerprint density at radius 1 is 1.30 bits per heavy atom. The quantitative estimate of drug-likeness (QED) is 0.527. The van der Waals surface area contributed by atoms with E-state index >= 15 is 0 Å². The molecular formula is C20H20F3NO5S. The zero-order valence-electron chi connectivity index (χ0n) is 16.3. The summed E-state index contributed by atoms with van der Waals surface area (Å²) in [6.07, 6.45) is 4.63. The average molecular weight is 443 g/mol. The fraction of sp³-hybridized carbons (Fsp3) is 0.500. The molecule has 3 atom stereocenters. The molecule has 1 aromatic rings. The van der Waals surface area contributed by atoms with Crippen LogP contribution in [0, 0.1) is 0 Å². The van der Waals surface area contributed by atoms with Crippen LogP contribution < -0.4 is 8.92 Å². The molecule has 2 bridgehead atoms. The summed E-state index contributed by atoms with van der Waals surface area (Å²) >= 11 is 0. The van der Waals surface area contributed by atoms with E-state index in [4.69, 9.17) is 9.47 Å². The largest absolute Gasteiger partial charge is 0.534 e. The molecule has 5 rings (SSSR count). The molecule has 1 aromatic carbocycles. The summed E-state index contributed by atoms with van der Waals surface area (Å²) in [6.45, 7) is 3.76. The number of piperidine rings is 1. The molecule has 0 aromatic heterocycles. The van der Waals surface area contributed by atoms with Crippen LogP contribution >= 0.6 is 0 Å². The van der Waals surface area contributed by atoms with Gasteiger partial charge in [0.1, 0.15) is 5.76 Å². The van der Waals surface area contributed by atoms with Gasteiger partial charge in [-0.2, -0.15) is 21.6 Å². The first-order valence-corrected chi connectivity index (χ1v) is 11.1. The van der Waals surface area contributed by atoms with Crippen molar-refractivity contribution in [3.05, 3.63) is 46.7 Å². The monoisotopic (exact) mass is 443 g/mol. The predicted molar refractivity (Wildman–Crippen MR) is 101 cm³/mol. The lowest BCUT2D eigenvalue weighted by molar-refractivity contribution is -0.0500. The smallest absolute Gasteiger partial charge is 0.497 e. The summed E-state index contributed by atoms with van der Waals surface area (Å²) in [5.41, 5.74) is -3.34. The van der Waals surface area contributed by atoms with Crippen LogP contribution in [0.3, 0.4) is 0 Å². The van der Waals surface area contributed by atoms with Crippen LogP contribution in [0.25, 0.3) is 0 Å². The van der Waals surface area contributed by atoms with Gasteiger partial charge in [0.15, 0.2) is 17.6 Å². The Kier molecular flexibility index (Phi) is 4.06. The fourth-order valence-electron chi connectivity index (χ4n) is 5.45. The van der Waals surface area contributed by atoms with E-state index in [2.05, 4.69) is 16.0 Å². The van der Waals surface area contributed by atoms with Gasteiger partial charge in [-0.1, -0.05) is 19.1 Å². The van der Waals surface area contributed by atoms with Crippen molar-refractivity contribution < 1.29 is 35.2 Å². The van der Waals surface area contributed by atoms with E-state index in [1.165, 1.54) is 13.2 Å². The third kappa shape index (κ3) is 2.37. The molecule has 1 spiro atoms. The standard InChI is InChI=1S/C20H20F3NO5S/c1-3-24-9-8-19-12-5-7-15(27-2)18(19)28-17-14(29-30(25,26)20(21,22)23)6-4-11(16(17)19)10-13(12)24/h4-7,13,18H,3,8-10H2,1-2H3/t13?,18-,19-/m0/s1. The van der Waals surface area contributed by atoms with Gasteiger partial charge >= 0.3 is 15.6 Å². The van der Waals surface area contributed by atoms with Crippen molar-refractivity contribution in [1.29, 1.82) is 0 Å². The minimum atomic E-state index is -5.82. The van der Waals surface area contributed by atoms with Gasteiger partial charge in [-0.3, -0.25) is 4.90 Å². The highest BCUT2D eigenvalue weighted by molar-refractivity contribution is 7.88. The molecule has 0 radical (unpaired) electrons. The number of likely N-dealkylation sites (N-methyl/N-ethyl adjacent to an activating group) is 1. The van der Waals surface area contributed by atoms with Crippen molar-refractivity contribution in [1.82, 2.24) is 4.90 Å². The second-order valence-corrected chi connectivity index (χ2v) is 9.41. The molecule has 4 aliphatic rings. The Morgan fingerprint density at radius 2 is 2.07 bits per heavy atom. The summed E-state index contributed by atoms with van der Waals surface area (Å²) in [5, 5.41) is 0. The number of halogens is 3. The summed E-state index contributed by atoms with van der Waals surface area (Å²) in [5.74, 6) is 0.168. The van der Waals surface area contributed by atoms with Crippen LogP contribution in [-0.4, -0.2) is 51.2 Å². The number of ether oxygens (including phenoxy) is 2. The predicted octanol–water partition coefficient (Wildman–Crippen LogP) is 3.03. The molecule has 1 unspecified atom stereocenters. The van der Waals surface area contributed by atoms with Gasteiger partial charge in [0.25, 0.3) is 0 Å². The van der Waals surface area contributed by atoms with E-state index < -0.39 is 32.9 Å². The third-order valence-corrected chi connectivity index (χ3v) is 7.64. The molecule has 0 N–H and O–H groups in total. The molecule has 10 heteroatoms. The molecule has 2 aliphatic carbocycles. The number of alkyl halides is 3. The number of benzene rings is 1. The zero-order chi connectivity index (χ0) is 21.5. The van der Waals surface area contributed by atoms with E-state index in [1.54, 1.807) is 6.07 Å². The van der Waals surface area contributed by atoms with Gasteiger partial charge in [-0.05, 0) is 42.7 Å². The molecule has 2 heterocycles. The van der Waals surface area contributed by atoms with Crippen molar-refractivity contribution in [2.45, 2.75) is 42.8 Å². The first-order chi connectivity index (χ1) is 14.1. The van der Waals surface area contributed by atoms with E-state index in [-0.39, 0.29) is 11.8 Å². The van der Waals surface area contributed by atoms with Gasteiger partial charge in [-0.15, -0.1) is 0 Å². The Labute approximate surface area is 172 Å². The topological polar surface area (TPSA) is 65.1 Å². The van der Waals surface area contributed by atoms with E-state index in [9.17, 15) is 21.6 Å². The molecule has 1 fully saturated rings. The second-order valence-electron chi connectivity index (χ2n) is 7.87. The maximum Gasteiger partial charge on any atom is 0.534 e. The highest BCUT2D eigenvalue weighted by Gasteiger charge is 2.62. The molecule has 0 amide bonds. The SMILES string of the molecule is CCN1CC[C@@]23C4=CC=C(OC)[C@@H]2Oc2c(OS(=O)(=O)C(F)(F)F)ccc(c23)CC41. The molecule has 0 saturated carbocycles. The van der Waals surface area contributed by atoms with Crippen LogP contribution in [-0.2, 0) is 26.7 Å². The van der Waals surface area contributed by atoms with Crippen LogP contribution in [0.5, 0.6) is 11.5 Å². The maximum atomic E-state index is 12.9. The number of hydrogen-bond donors (Lipinski definition) is 0. The van der Waals surface area contributed by atoms with E-state index in [0.717, 1.165) is 29.8 Å². The lowest BCUT2D eigenvalue weighted by Crippen LogP contribution is -2.59. The summed E-state index contributed by atoms with van der Waals surface area (Å²) in [6, 6.07) is 3.05. The maximum absolute atomic E-state index is 12.9. The lowest BCUT2D eigenvalue weighted by atomic mass is 9.57. The number of likely N-dealkylation sites (tertiary alicyclic amines) is 1. The first kappa shape index (κ1) is 19.7. The molecular weight excluding hydrogens is 423 g/mol. The van der Waals surface area contributed by atoms with Gasteiger partial charge in [0, 0.05) is 18.2 Å². The van der Waals surface area contributed by atoms with Gasteiger partial charge in [0.2, 0.25) is 0 Å². The van der Waals surface area contributed by atoms with Crippen molar-refractivity contribution >= 4 is 10.1 Å². The van der Waals surface area contributed by atoms with Gasteiger partial charge in [-0.25, -0.2) is 0 Å². The van der Waals surface area contributed by atoms with E-state index in [1.807, 2.05) is 12.2 Å². The van der Waals surface area contributed by atoms with Crippen LogP contribution in [0.4, 0.5) is 13.2 Å². The van der Waals surface area contributed by atoms with Crippen LogP contribution in [0.15, 0.2) is 35.6 Å². The van der Waals surface area contributed by atoms with Crippen molar-refractivity contribution in [2.75, 3.05) is 20.2 Å². The summed E-state index contributed by atoms with van der Waals surface area (Å²) < 4.78 is 78.2. The average Bonchev–Trinajstić information content (AvgIpc) is 3.03. The highest BCUT2D eigenvalue weighted by atomic mass is 32.2. The first-order valence-electron chi connectivity index (χ1n) is 9.68. The van der Waals surface area contributed by atoms with E-state index in [0.29, 0.717) is 18.6 Å². The number of hydrogen-bond acceptors (Lipinski definition) is 6. The van der Waals surface area contributed by atoms with Crippen LogP contribution in [0.2, 0.25) is 0 Å². The summed E-state index contributed by atoms with van der Waals surface area (Å²) in [7, 11) is -4.30. The number of rotatable bonds is 4.